The van der Waals surface area contributed by atoms with Crippen molar-refractivity contribution in [3.8, 4) is 0 Å². The van der Waals surface area contributed by atoms with Crippen LogP contribution in [-0.2, 0) is 5.75 Å². The van der Waals surface area contributed by atoms with Gasteiger partial charge in [0.05, 0.1) is 5.52 Å². The molecule has 0 aliphatic carbocycles. The lowest BCUT2D eigenvalue weighted by atomic mass is 10.1. The van der Waals surface area contributed by atoms with E-state index in [0.717, 1.165) is 28.0 Å². The first-order chi connectivity index (χ1) is 10.3. The number of para-hydroxylation sites is 1. The molecule has 0 unspecified atom stereocenters. The van der Waals surface area contributed by atoms with Gasteiger partial charge in [-0.05, 0) is 31.2 Å². The maximum atomic E-state index is 5.61. The first-order valence-electron chi connectivity index (χ1n) is 6.81. The highest BCUT2D eigenvalue weighted by Crippen LogP contribution is 2.28. The van der Waals surface area contributed by atoms with Crippen molar-refractivity contribution < 1.29 is 0 Å². The maximum absolute atomic E-state index is 5.61. The van der Waals surface area contributed by atoms with E-state index in [1.54, 1.807) is 11.8 Å². The molecule has 4 heteroatoms. The third-order valence-corrected chi connectivity index (χ3v) is 4.37. The van der Waals surface area contributed by atoms with Gasteiger partial charge in [-0.25, -0.2) is 10.8 Å². The molecule has 0 radical (unpaired) electrons. The Morgan fingerprint density at radius 2 is 1.95 bits per heavy atom. The SMILES string of the molecule is Cc1cccc(SCc2cc3ccccc3nc2NN)c1. The van der Waals surface area contributed by atoms with E-state index in [-0.39, 0.29) is 0 Å². The number of nitrogens with two attached hydrogens (primary N) is 1. The van der Waals surface area contributed by atoms with E-state index >= 15 is 0 Å². The van der Waals surface area contributed by atoms with Crippen molar-refractivity contribution >= 4 is 28.5 Å². The van der Waals surface area contributed by atoms with Gasteiger partial charge in [-0.15, -0.1) is 11.8 Å². The molecule has 0 atom stereocenters. The van der Waals surface area contributed by atoms with Gasteiger partial charge >= 0.3 is 0 Å². The fraction of sp³-hybridized carbons (Fsp3) is 0.118. The number of rotatable bonds is 4. The zero-order valence-corrected chi connectivity index (χ0v) is 12.7. The van der Waals surface area contributed by atoms with Crippen LogP contribution in [0.25, 0.3) is 10.9 Å². The van der Waals surface area contributed by atoms with Crippen LogP contribution in [0.4, 0.5) is 5.82 Å². The summed E-state index contributed by atoms with van der Waals surface area (Å²) in [5.41, 5.74) is 6.05. The van der Waals surface area contributed by atoms with E-state index in [1.807, 2.05) is 18.2 Å². The molecule has 0 aliphatic heterocycles. The number of hydrogen-bond donors (Lipinski definition) is 2. The smallest absolute Gasteiger partial charge is 0.144 e. The van der Waals surface area contributed by atoms with Gasteiger partial charge in [0.25, 0.3) is 0 Å². The fourth-order valence-corrected chi connectivity index (χ4v) is 3.25. The number of aryl methyl sites for hydroxylation is 1. The average molecular weight is 295 g/mol. The minimum atomic E-state index is 0.744. The Bertz CT molecular complexity index is 771. The van der Waals surface area contributed by atoms with Gasteiger partial charge in [-0.1, -0.05) is 35.9 Å². The van der Waals surface area contributed by atoms with Gasteiger partial charge in [0.2, 0.25) is 0 Å². The molecule has 0 fully saturated rings. The molecule has 1 aromatic heterocycles. The molecule has 3 rings (SSSR count). The molecule has 21 heavy (non-hydrogen) atoms. The number of nitrogens with zero attached hydrogens (tertiary/aromatic N) is 1. The van der Waals surface area contributed by atoms with Crippen LogP contribution in [0.5, 0.6) is 0 Å². The lowest BCUT2D eigenvalue weighted by Gasteiger charge is -2.10. The first kappa shape index (κ1) is 13.9. The van der Waals surface area contributed by atoms with E-state index < -0.39 is 0 Å². The lowest BCUT2D eigenvalue weighted by Crippen LogP contribution is -2.11. The Kier molecular flexibility index (Phi) is 4.08. The number of pyridine rings is 1. The summed E-state index contributed by atoms with van der Waals surface area (Å²) >= 11 is 1.79. The largest absolute Gasteiger partial charge is 0.308 e. The van der Waals surface area contributed by atoms with Crippen LogP contribution in [0.2, 0.25) is 0 Å². The molecule has 0 spiro atoms. The number of hydrogen-bond acceptors (Lipinski definition) is 4. The molecule has 0 aliphatic rings. The summed E-state index contributed by atoms with van der Waals surface area (Å²) in [5.74, 6) is 7.19. The summed E-state index contributed by atoms with van der Waals surface area (Å²) in [6.45, 7) is 2.11. The van der Waals surface area contributed by atoms with Crippen molar-refractivity contribution in [2.75, 3.05) is 5.43 Å². The second-order valence-electron chi connectivity index (χ2n) is 4.94. The monoisotopic (exact) mass is 295 g/mol. The number of anilines is 1. The third kappa shape index (κ3) is 3.17. The second kappa shape index (κ2) is 6.16. The van der Waals surface area contributed by atoms with Crippen molar-refractivity contribution in [3.63, 3.8) is 0 Å². The van der Waals surface area contributed by atoms with Crippen molar-refractivity contribution in [3.05, 3.63) is 65.7 Å². The van der Waals surface area contributed by atoms with E-state index in [0.29, 0.717) is 0 Å². The molecular formula is C17H17N3S. The number of nitrogens with one attached hydrogen (secondary N) is 1. The fourth-order valence-electron chi connectivity index (χ4n) is 2.26. The molecule has 0 saturated carbocycles. The van der Waals surface area contributed by atoms with Gasteiger partial charge < -0.3 is 5.43 Å². The summed E-state index contributed by atoms with van der Waals surface area (Å²) in [6, 6.07) is 18.7. The van der Waals surface area contributed by atoms with Crippen molar-refractivity contribution in [2.24, 2.45) is 5.84 Å². The number of nitrogen functional groups attached to an aromatic ring is 1. The van der Waals surface area contributed by atoms with Crippen LogP contribution >= 0.6 is 11.8 Å². The van der Waals surface area contributed by atoms with Gasteiger partial charge in [0.1, 0.15) is 5.82 Å². The lowest BCUT2D eigenvalue weighted by molar-refractivity contribution is 1.21. The average Bonchev–Trinajstić information content (AvgIpc) is 2.52. The molecule has 0 bridgehead atoms. The normalized spacial score (nSPS) is 10.8. The Labute approximate surface area is 128 Å². The van der Waals surface area contributed by atoms with Crippen LogP contribution in [0, 0.1) is 6.92 Å². The highest BCUT2D eigenvalue weighted by Gasteiger charge is 2.06. The molecule has 2 aromatic carbocycles. The predicted octanol–water partition coefficient (Wildman–Crippen LogP) is 4.12. The molecule has 3 N–H and O–H groups in total. The maximum Gasteiger partial charge on any atom is 0.144 e. The highest BCUT2D eigenvalue weighted by atomic mass is 32.2. The predicted molar refractivity (Wildman–Crippen MR) is 90.3 cm³/mol. The van der Waals surface area contributed by atoms with Crippen molar-refractivity contribution in [2.45, 2.75) is 17.6 Å². The van der Waals surface area contributed by atoms with Crippen molar-refractivity contribution in [1.29, 1.82) is 0 Å². The molecular weight excluding hydrogens is 278 g/mol. The third-order valence-electron chi connectivity index (χ3n) is 3.32. The molecule has 0 saturated heterocycles. The van der Waals surface area contributed by atoms with Crippen LogP contribution in [0.3, 0.4) is 0 Å². The van der Waals surface area contributed by atoms with E-state index in [2.05, 4.69) is 53.7 Å². The Morgan fingerprint density at radius 1 is 1.10 bits per heavy atom. The summed E-state index contributed by atoms with van der Waals surface area (Å²) < 4.78 is 0. The summed E-state index contributed by atoms with van der Waals surface area (Å²) in [5, 5.41) is 1.14. The topological polar surface area (TPSA) is 50.9 Å². The number of fused-ring (bicyclic) bond motifs is 1. The van der Waals surface area contributed by atoms with E-state index in [9.17, 15) is 0 Å². The van der Waals surface area contributed by atoms with Gasteiger partial charge in [-0.3, -0.25) is 0 Å². The number of benzene rings is 2. The summed E-state index contributed by atoms with van der Waals surface area (Å²) in [4.78, 5) is 5.83. The van der Waals surface area contributed by atoms with Crippen LogP contribution in [-0.4, -0.2) is 4.98 Å². The van der Waals surface area contributed by atoms with Gasteiger partial charge in [-0.2, -0.15) is 0 Å². The van der Waals surface area contributed by atoms with Crippen LogP contribution < -0.4 is 11.3 Å². The molecule has 3 nitrogen and oxygen atoms in total. The quantitative estimate of drug-likeness (QED) is 0.432. The number of hydrazine groups is 1. The zero-order chi connectivity index (χ0) is 14.7. The Hall–Kier alpha value is -2.04. The minimum Gasteiger partial charge on any atom is -0.308 e. The van der Waals surface area contributed by atoms with Crippen LogP contribution in [0.1, 0.15) is 11.1 Å². The summed E-state index contributed by atoms with van der Waals surface area (Å²) in [6.07, 6.45) is 0. The minimum absolute atomic E-state index is 0.744. The molecule has 0 amide bonds. The van der Waals surface area contributed by atoms with E-state index in [4.69, 9.17) is 5.84 Å². The zero-order valence-electron chi connectivity index (χ0n) is 11.8. The first-order valence-corrected chi connectivity index (χ1v) is 7.79. The van der Waals surface area contributed by atoms with Crippen LogP contribution in [0.15, 0.2) is 59.5 Å². The number of aromatic nitrogens is 1. The standard InChI is InChI=1S/C17H17N3S/c1-12-5-4-7-15(9-12)21-11-14-10-13-6-2-3-8-16(13)19-17(14)20-18/h2-10H,11,18H2,1H3,(H,19,20). The molecule has 3 aromatic rings. The molecule has 106 valence electrons. The molecule has 1 heterocycles. The Balaban J connectivity index is 1.88. The van der Waals surface area contributed by atoms with Gasteiger partial charge in [0.15, 0.2) is 0 Å². The van der Waals surface area contributed by atoms with Crippen molar-refractivity contribution in [1.82, 2.24) is 4.98 Å². The van der Waals surface area contributed by atoms with Gasteiger partial charge in [0, 0.05) is 21.6 Å². The highest BCUT2D eigenvalue weighted by molar-refractivity contribution is 7.98. The second-order valence-corrected chi connectivity index (χ2v) is 5.99. The Morgan fingerprint density at radius 3 is 2.76 bits per heavy atom. The van der Waals surface area contributed by atoms with E-state index in [1.165, 1.54) is 10.5 Å². The summed E-state index contributed by atoms with van der Waals surface area (Å²) in [7, 11) is 0. The number of thioether (sulfide) groups is 1.